The highest BCUT2D eigenvalue weighted by atomic mass is 16.5. The first kappa shape index (κ1) is 20.0. The number of aryl methyl sites for hydroxylation is 1. The van der Waals surface area contributed by atoms with Crippen molar-refractivity contribution in [3.8, 4) is 17.1 Å². The monoisotopic (exact) mass is 402 g/mol. The molecule has 0 aliphatic carbocycles. The van der Waals surface area contributed by atoms with Crippen molar-refractivity contribution in [3.63, 3.8) is 0 Å². The minimum atomic E-state index is 0. The van der Waals surface area contributed by atoms with E-state index in [1.54, 1.807) is 6.20 Å². The van der Waals surface area contributed by atoms with E-state index in [0.717, 1.165) is 54.2 Å². The predicted octanol–water partition coefficient (Wildman–Crippen LogP) is 4.41. The van der Waals surface area contributed by atoms with Crippen LogP contribution in [0.1, 0.15) is 25.8 Å². The summed E-state index contributed by atoms with van der Waals surface area (Å²) < 4.78 is 7.51. The molecular formula is C23H26N6O. The molecule has 0 amide bonds. The number of imidazole rings is 1. The van der Waals surface area contributed by atoms with Gasteiger partial charge in [-0.3, -0.25) is 9.55 Å². The van der Waals surface area contributed by atoms with Gasteiger partial charge in [0.1, 0.15) is 5.82 Å². The van der Waals surface area contributed by atoms with E-state index in [1.807, 2.05) is 24.7 Å². The zero-order valence-electron chi connectivity index (χ0n) is 16.2. The standard InChI is InChI=1S/C22H22N6O.CH4/c1-15-2-4-18(5-3-15)28-20-14-23-9-6-19(20)27-21(28)16-12-24-22(25-13-16)26-17-7-10-29-11-8-17;/h2-6,9,12-14,17H,7-8,10-11H2,1H3,(H,24,25,26);1H4. The van der Waals surface area contributed by atoms with E-state index >= 15 is 0 Å². The molecule has 4 aromatic rings. The first-order valence-electron chi connectivity index (χ1n) is 9.84. The van der Waals surface area contributed by atoms with Crippen molar-refractivity contribution >= 4 is 17.0 Å². The van der Waals surface area contributed by atoms with Crippen LogP contribution in [0.2, 0.25) is 0 Å². The fourth-order valence-corrected chi connectivity index (χ4v) is 3.62. The fraction of sp³-hybridized carbons (Fsp3) is 0.304. The maximum absolute atomic E-state index is 5.41. The smallest absolute Gasteiger partial charge is 0.222 e. The largest absolute Gasteiger partial charge is 0.381 e. The number of rotatable bonds is 4. The quantitative estimate of drug-likeness (QED) is 0.545. The third-order valence-corrected chi connectivity index (χ3v) is 5.21. The van der Waals surface area contributed by atoms with Gasteiger partial charge in [-0.2, -0.15) is 0 Å². The van der Waals surface area contributed by atoms with Crippen molar-refractivity contribution in [3.05, 3.63) is 60.7 Å². The highest BCUT2D eigenvalue weighted by Gasteiger charge is 2.17. The summed E-state index contributed by atoms with van der Waals surface area (Å²) >= 11 is 0. The van der Waals surface area contributed by atoms with Crippen LogP contribution in [-0.4, -0.2) is 43.8 Å². The van der Waals surface area contributed by atoms with Crippen LogP contribution in [0.3, 0.4) is 0 Å². The van der Waals surface area contributed by atoms with Gasteiger partial charge in [-0.25, -0.2) is 15.0 Å². The van der Waals surface area contributed by atoms with Gasteiger partial charge in [0.25, 0.3) is 0 Å². The number of fused-ring (bicyclic) bond motifs is 1. The van der Waals surface area contributed by atoms with Crippen LogP contribution in [0.5, 0.6) is 0 Å². The highest BCUT2D eigenvalue weighted by Crippen LogP contribution is 2.28. The Kier molecular flexibility index (Phi) is 5.72. The predicted molar refractivity (Wildman–Crippen MR) is 119 cm³/mol. The number of hydrogen-bond donors (Lipinski definition) is 1. The normalized spacial score (nSPS) is 14.4. The topological polar surface area (TPSA) is 77.8 Å². The van der Waals surface area contributed by atoms with Crippen LogP contribution >= 0.6 is 0 Å². The van der Waals surface area contributed by atoms with E-state index in [1.165, 1.54) is 5.56 Å². The van der Waals surface area contributed by atoms with Crippen molar-refractivity contribution in [2.45, 2.75) is 33.2 Å². The summed E-state index contributed by atoms with van der Waals surface area (Å²) in [4.78, 5) is 18.2. The molecule has 30 heavy (non-hydrogen) atoms. The third kappa shape index (κ3) is 3.89. The molecule has 1 aliphatic rings. The molecule has 4 heterocycles. The lowest BCUT2D eigenvalue weighted by Gasteiger charge is -2.22. The van der Waals surface area contributed by atoms with Crippen LogP contribution < -0.4 is 5.32 Å². The van der Waals surface area contributed by atoms with Gasteiger partial charge in [0.2, 0.25) is 5.95 Å². The SMILES string of the molecule is C.Cc1ccc(-n2c(-c3cnc(NC4CCOCC4)nc3)nc3ccncc32)cc1. The zero-order chi connectivity index (χ0) is 19.6. The fourth-order valence-electron chi connectivity index (χ4n) is 3.62. The summed E-state index contributed by atoms with van der Waals surface area (Å²) in [5.74, 6) is 1.44. The molecule has 0 atom stereocenters. The average Bonchev–Trinajstić information content (AvgIpc) is 3.15. The van der Waals surface area contributed by atoms with Crippen molar-refractivity contribution in [2.24, 2.45) is 0 Å². The Hall–Kier alpha value is -3.32. The number of pyridine rings is 1. The maximum atomic E-state index is 5.41. The number of benzene rings is 1. The minimum Gasteiger partial charge on any atom is -0.381 e. The number of hydrogen-bond acceptors (Lipinski definition) is 6. The Balaban J connectivity index is 0.00000218. The molecular weight excluding hydrogens is 376 g/mol. The average molecular weight is 403 g/mol. The molecule has 3 aromatic heterocycles. The Morgan fingerprint density at radius 3 is 2.47 bits per heavy atom. The van der Waals surface area contributed by atoms with E-state index in [-0.39, 0.29) is 7.43 Å². The molecule has 7 nitrogen and oxygen atoms in total. The lowest BCUT2D eigenvalue weighted by atomic mass is 10.1. The maximum Gasteiger partial charge on any atom is 0.222 e. The first-order valence-corrected chi connectivity index (χ1v) is 9.84. The second-order valence-electron chi connectivity index (χ2n) is 7.30. The van der Waals surface area contributed by atoms with Gasteiger partial charge in [0.05, 0.1) is 22.8 Å². The Morgan fingerprint density at radius 1 is 1.00 bits per heavy atom. The summed E-state index contributed by atoms with van der Waals surface area (Å²) in [6.07, 6.45) is 9.20. The van der Waals surface area contributed by atoms with Crippen LogP contribution in [0.25, 0.3) is 28.1 Å². The Morgan fingerprint density at radius 2 is 1.73 bits per heavy atom. The third-order valence-electron chi connectivity index (χ3n) is 5.21. The number of nitrogens with zero attached hydrogens (tertiary/aromatic N) is 5. The van der Waals surface area contributed by atoms with Crippen LogP contribution in [-0.2, 0) is 4.74 Å². The molecule has 0 radical (unpaired) electrons. The second kappa shape index (κ2) is 8.59. The number of ether oxygens (including phenoxy) is 1. The number of anilines is 1. The minimum absolute atomic E-state index is 0. The van der Waals surface area contributed by atoms with Gasteiger partial charge < -0.3 is 10.1 Å². The van der Waals surface area contributed by atoms with Crippen LogP contribution in [0.15, 0.2) is 55.1 Å². The van der Waals surface area contributed by atoms with Crippen LogP contribution in [0.4, 0.5) is 5.95 Å². The van der Waals surface area contributed by atoms with Gasteiger partial charge in [0.15, 0.2) is 0 Å². The summed E-state index contributed by atoms with van der Waals surface area (Å²) in [5.41, 5.74) is 4.95. The molecule has 0 saturated carbocycles. The second-order valence-corrected chi connectivity index (χ2v) is 7.30. The highest BCUT2D eigenvalue weighted by molar-refractivity contribution is 5.82. The first-order chi connectivity index (χ1) is 14.3. The molecule has 1 fully saturated rings. The summed E-state index contributed by atoms with van der Waals surface area (Å²) in [7, 11) is 0. The van der Waals surface area contributed by atoms with Gasteiger partial charge in [-0.05, 0) is 38.0 Å². The van der Waals surface area contributed by atoms with Crippen molar-refractivity contribution in [1.29, 1.82) is 0 Å². The molecule has 0 unspecified atom stereocenters. The van der Waals surface area contributed by atoms with Gasteiger partial charge in [-0.1, -0.05) is 25.1 Å². The lowest BCUT2D eigenvalue weighted by Crippen LogP contribution is -2.28. The Bertz CT molecular complexity index is 1110. The lowest BCUT2D eigenvalue weighted by molar-refractivity contribution is 0.0903. The summed E-state index contributed by atoms with van der Waals surface area (Å²) in [6, 6.07) is 10.7. The molecule has 1 N–H and O–H groups in total. The zero-order valence-corrected chi connectivity index (χ0v) is 16.2. The van der Waals surface area contributed by atoms with Crippen molar-refractivity contribution < 1.29 is 4.74 Å². The van der Waals surface area contributed by atoms with E-state index in [0.29, 0.717) is 12.0 Å². The van der Waals surface area contributed by atoms with E-state index in [2.05, 4.69) is 56.0 Å². The van der Waals surface area contributed by atoms with E-state index < -0.39 is 0 Å². The molecule has 1 aliphatic heterocycles. The Labute approximate surface area is 176 Å². The van der Waals surface area contributed by atoms with Gasteiger partial charge in [0, 0.05) is 43.5 Å². The van der Waals surface area contributed by atoms with Gasteiger partial charge >= 0.3 is 0 Å². The van der Waals surface area contributed by atoms with Crippen LogP contribution in [0, 0.1) is 6.92 Å². The molecule has 1 aromatic carbocycles. The van der Waals surface area contributed by atoms with Gasteiger partial charge in [-0.15, -0.1) is 0 Å². The number of nitrogens with one attached hydrogen (secondary N) is 1. The molecule has 1 saturated heterocycles. The molecule has 0 bridgehead atoms. The summed E-state index contributed by atoms with van der Waals surface area (Å²) in [6.45, 7) is 3.64. The molecule has 7 heteroatoms. The van der Waals surface area contributed by atoms with Crippen molar-refractivity contribution in [2.75, 3.05) is 18.5 Å². The summed E-state index contributed by atoms with van der Waals surface area (Å²) in [5, 5.41) is 3.40. The molecule has 0 spiro atoms. The number of aromatic nitrogens is 5. The molecule has 154 valence electrons. The van der Waals surface area contributed by atoms with E-state index in [4.69, 9.17) is 9.72 Å². The van der Waals surface area contributed by atoms with E-state index in [9.17, 15) is 0 Å². The van der Waals surface area contributed by atoms with Crippen molar-refractivity contribution in [1.82, 2.24) is 24.5 Å². The molecule has 5 rings (SSSR count).